The van der Waals surface area contributed by atoms with Gasteiger partial charge in [-0.15, -0.1) is 0 Å². The Bertz CT molecular complexity index is 464. The van der Waals surface area contributed by atoms with Crippen molar-refractivity contribution in [2.45, 2.75) is 25.5 Å². The number of carbonyl (C=O) groups is 2. The molecule has 1 heterocycles. The molecule has 108 valence electrons. The number of hydrazine groups is 1. The van der Waals surface area contributed by atoms with Gasteiger partial charge in [0.2, 0.25) is 0 Å². The summed E-state index contributed by atoms with van der Waals surface area (Å²) < 4.78 is 9.87. The van der Waals surface area contributed by atoms with Gasteiger partial charge in [-0.3, -0.25) is 4.79 Å². The SMILES string of the molecule is COC(=O)[C@@H]1CCCN(C(=O)OCc2ccccc2)N1. The summed E-state index contributed by atoms with van der Waals surface area (Å²) in [7, 11) is 1.33. The lowest BCUT2D eigenvalue weighted by atomic mass is 10.1. The maximum atomic E-state index is 11.9. The predicted octanol–water partition coefficient (Wildman–Crippen LogP) is 1.47. The third-order valence-electron chi connectivity index (χ3n) is 3.10. The van der Waals surface area contributed by atoms with Crippen molar-refractivity contribution < 1.29 is 19.1 Å². The maximum absolute atomic E-state index is 11.9. The fourth-order valence-electron chi connectivity index (χ4n) is 2.02. The first-order valence-corrected chi connectivity index (χ1v) is 6.53. The van der Waals surface area contributed by atoms with Crippen molar-refractivity contribution >= 4 is 12.1 Å². The molecule has 20 heavy (non-hydrogen) atoms. The number of nitrogens with one attached hydrogen (secondary N) is 1. The minimum atomic E-state index is -0.488. The Morgan fingerprint density at radius 3 is 2.80 bits per heavy atom. The second kappa shape index (κ2) is 6.91. The molecule has 0 aliphatic carbocycles. The molecule has 1 saturated heterocycles. The van der Waals surface area contributed by atoms with Gasteiger partial charge in [-0.05, 0) is 18.4 Å². The molecule has 1 fully saturated rings. The Morgan fingerprint density at radius 2 is 2.10 bits per heavy atom. The van der Waals surface area contributed by atoms with Crippen molar-refractivity contribution in [2.75, 3.05) is 13.7 Å². The molecular formula is C14H18N2O4. The van der Waals surface area contributed by atoms with Crippen LogP contribution in [0.3, 0.4) is 0 Å². The number of ether oxygens (including phenoxy) is 2. The van der Waals surface area contributed by atoms with Gasteiger partial charge >= 0.3 is 12.1 Å². The number of methoxy groups -OCH3 is 1. The zero-order valence-corrected chi connectivity index (χ0v) is 11.4. The van der Waals surface area contributed by atoms with E-state index in [9.17, 15) is 9.59 Å². The first-order valence-electron chi connectivity index (χ1n) is 6.53. The molecular weight excluding hydrogens is 260 g/mol. The molecule has 6 heteroatoms. The topological polar surface area (TPSA) is 67.9 Å². The summed E-state index contributed by atoms with van der Waals surface area (Å²) in [6.07, 6.45) is 0.893. The maximum Gasteiger partial charge on any atom is 0.424 e. The van der Waals surface area contributed by atoms with Crippen LogP contribution in [0.15, 0.2) is 30.3 Å². The normalized spacial score (nSPS) is 18.4. The molecule has 0 spiro atoms. The highest BCUT2D eigenvalue weighted by molar-refractivity contribution is 5.76. The minimum absolute atomic E-state index is 0.209. The van der Waals surface area contributed by atoms with Gasteiger partial charge in [0.05, 0.1) is 7.11 Å². The van der Waals surface area contributed by atoms with Crippen LogP contribution >= 0.6 is 0 Å². The van der Waals surface area contributed by atoms with Crippen molar-refractivity contribution in [3.63, 3.8) is 0 Å². The van der Waals surface area contributed by atoms with Crippen molar-refractivity contribution in [1.82, 2.24) is 10.4 Å². The van der Waals surface area contributed by atoms with E-state index in [0.29, 0.717) is 13.0 Å². The summed E-state index contributed by atoms with van der Waals surface area (Å²) in [4.78, 5) is 23.4. The number of hydrogen-bond donors (Lipinski definition) is 1. The molecule has 0 aromatic heterocycles. The van der Waals surface area contributed by atoms with E-state index >= 15 is 0 Å². The minimum Gasteiger partial charge on any atom is -0.468 e. The standard InChI is InChI=1S/C14H18N2O4/c1-19-13(17)12-8-5-9-16(15-12)14(18)20-10-11-6-3-2-4-7-11/h2-4,6-7,12,15H,5,8-10H2,1H3/t12-/m0/s1. The molecule has 0 radical (unpaired) electrons. The Kier molecular flexibility index (Phi) is 4.95. The zero-order valence-electron chi connectivity index (χ0n) is 11.4. The van der Waals surface area contributed by atoms with Crippen molar-refractivity contribution in [3.05, 3.63) is 35.9 Å². The predicted molar refractivity (Wildman–Crippen MR) is 71.5 cm³/mol. The molecule has 1 N–H and O–H groups in total. The van der Waals surface area contributed by atoms with Gasteiger partial charge in [0.25, 0.3) is 0 Å². The van der Waals surface area contributed by atoms with Crippen LogP contribution in [0.25, 0.3) is 0 Å². The molecule has 1 aromatic rings. The van der Waals surface area contributed by atoms with E-state index in [-0.39, 0.29) is 12.6 Å². The lowest BCUT2D eigenvalue weighted by Gasteiger charge is -2.31. The largest absolute Gasteiger partial charge is 0.468 e. The van der Waals surface area contributed by atoms with Gasteiger partial charge in [0, 0.05) is 6.54 Å². The van der Waals surface area contributed by atoms with Crippen molar-refractivity contribution in [2.24, 2.45) is 0 Å². The molecule has 0 saturated carbocycles. The van der Waals surface area contributed by atoms with Crippen LogP contribution in [0.4, 0.5) is 4.79 Å². The van der Waals surface area contributed by atoms with E-state index in [1.165, 1.54) is 12.1 Å². The third-order valence-corrected chi connectivity index (χ3v) is 3.10. The molecule has 6 nitrogen and oxygen atoms in total. The Hall–Kier alpha value is -2.08. The fraction of sp³-hybridized carbons (Fsp3) is 0.429. The zero-order chi connectivity index (χ0) is 14.4. The fourth-order valence-corrected chi connectivity index (χ4v) is 2.02. The monoisotopic (exact) mass is 278 g/mol. The van der Waals surface area contributed by atoms with Gasteiger partial charge in [0.15, 0.2) is 0 Å². The van der Waals surface area contributed by atoms with E-state index in [0.717, 1.165) is 12.0 Å². The Balaban J connectivity index is 1.84. The number of carbonyl (C=O) groups excluding carboxylic acids is 2. The smallest absolute Gasteiger partial charge is 0.424 e. The molecule has 0 bridgehead atoms. The van der Waals surface area contributed by atoms with Crippen molar-refractivity contribution in [1.29, 1.82) is 0 Å². The average Bonchev–Trinajstić information content (AvgIpc) is 2.53. The number of esters is 1. The van der Waals surface area contributed by atoms with Crippen molar-refractivity contribution in [3.8, 4) is 0 Å². The van der Waals surface area contributed by atoms with E-state index in [1.54, 1.807) is 0 Å². The molecule has 0 unspecified atom stereocenters. The van der Waals surface area contributed by atoms with E-state index in [2.05, 4.69) is 10.2 Å². The third kappa shape index (κ3) is 3.71. The molecule has 1 aromatic carbocycles. The summed E-state index contributed by atoms with van der Waals surface area (Å²) in [5, 5.41) is 1.33. The summed E-state index contributed by atoms with van der Waals surface area (Å²) in [5.41, 5.74) is 3.74. The highest BCUT2D eigenvalue weighted by Crippen LogP contribution is 2.10. The van der Waals surface area contributed by atoms with Crippen LogP contribution in [0.2, 0.25) is 0 Å². The average molecular weight is 278 g/mol. The summed E-state index contributed by atoms with van der Waals surface area (Å²) in [6, 6.07) is 8.95. The number of rotatable bonds is 3. The number of nitrogens with zero attached hydrogens (tertiary/aromatic N) is 1. The number of amides is 1. The summed E-state index contributed by atoms with van der Waals surface area (Å²) in [5.74, 6) is -0.370. The molecule has 1 amide bonds. The summed E-state index contributed by atoms with van der Waals surface area (Å²) in [6.45, 7) is 0.724. The highest BCUT2D eigenvalue weighted by atomic mass is 16.6. The molecule has 1 aliphatic heterocycles. The molecule has 1 aliphatic rings. The van der Waals surface area contributed by atoms with Crippen LogP contribution in [-0.4, -0.2) is 36.8 Å². The lowest BCUT2D eigenvalue weighted by Crippen LogP contribution is -2.55. The molecule has 2 rings (SSSR count). The van der Waals surface area contributed by atoms with E-state index < -0.39 is 12.1 Å². The van der Waals surface area contributed by atoms with E-state index in [1.807, 2.05) is 30.3 Å². The number of benzene rings is 1. The van der Waals surface area contributed by atoms with Crippen LogP contribution in [0.5, 0.6) is 0 Å². The van der Waals surface area contributed by atoms with Gasteiger partial charge in [-0.2, -0.15) is 0 Å². The quantitative estimate of drug-likeness (QED) is 0.848. The van der Waals surface area contributed by atoms with Crippen LogP contribution in [0.1, 0.15) is 18.4 Å². The van der Waals surface area contributed by atoms with Gasteiger partial charge in [-0.25, -0.2) is 15.2 Å². The van der Waals surface area contributed by atoms with Gasteiger partial charge < -0.3 is 9.47 Å². The second-order valence-corrected chi connectivity index (χ2v) is 4.54. The van der Waals surface area contributed by atoms with Crippen LogP contribution < -0.4 is 5.43 Å². The molecule has 1 atom stereocenters. The first-order chi connectivity index (χ1) is 9.70. The first kappa shape index (κ1) is 14.3. The van der Waals surface area contributed by atoms with Crippen LogP contribution in [0, 0.1) is 0 Å². The second-order valence-electron chi connectivity index (χ2n) is 4.54. The lowest BCUT2D eigenvalue weighted by molar-refractivity contribution is -0.145. The van der Waals surface area contributed by atoms with E-state index in [4.69, 9.17) is 4.74 Å². The van der Waals surface area contributed by atoms with Gasteiger partial charge in [-0.1, -0.05) is 30.3 Å². The van der Waals surface area contributed by atoms with Gasteiger partial charge in [0.1, 0.15) is 12.6 Å². The van der Waals surface area contributed by atoms with Crippen LogP contribution in [-0.2, 0) is 20.9 Å². The summed E-state index contributed by atoms with van der Waals surface area (Å²) >= 11 is 0. The number of hydrogen-bond acceptors (Lipinski definition) is 5. The Labute approximate surface area is 117 Å². The highest BCUT2D eigenvalue weighted by Gasteiger charge is 2.29. The Morgan fingerprint density at radius 1 is 1.35 bits per heavy atom.